The third-order valence-corrected chi connectivity index (χ3v) is 9.56. The van der Waals surface area contributed by atoms with Crippen LogP contribution in [0.4, 0.5) is 5.69 Å². The average Bonchev–Trinajstić information content (AvgIpc) is 3.41. The summed E-state index contributed by atoms with van der Waals surface area (Å²) in [5.74, 6) is -0.741. The number of para-hydroxylation sites is 1. The van der Waals surface area contributed by atoms with Crippen LogP contribution in [0.2, 0.25) is 10.0 Å². The van der Waals surface area contributed by atoms with Gasteiger partial charge in [-0.25, -0.2) is 22.8 Å². The Balaban J connectivity index is 1.47. The van der Waals surface area contributed by atoms with E-state index < -0.39 is 28.0 Å². The number of rotatable bonds is 9. The minimum Gasteiger partial charge on any atom is -0.318 e. The quantitative estimate of drug-likeness (QED) is 0.165. The first-order valence-corrected chi connectivity index (χ1v) is 16.0. The molecule has 5 rings (SSSR count). The van der Waals surface area contributed by atoms with Gasteiger partial charge in [0.25, 0.3) is 21.5 Å². The van der Waals surface area contributed by atoms with Gasteiger partial charge in [-0.2, -0.15) is 5.10 Å². The molecule has 3 aromatic carbocycles. The van der Waals surface area contributed by atoms with Gasteiger partial charge in [0.15, 0.2) is 0 Å². The van der Waals surface area contributed by atoms with Crippen LogP contribution in [0.1, 0.15) is 22.6 Å². The van der Waals surface area contributed by atoms with E-state index in [9.17, 15) is 18.0 Å². The highest BCUT2D eigenvalue weighted by atomic mass is 35.5. The average molecular weight is 666 g/mol. The van der Waals surface area contributed by atoms with Crippen LogP contribution in [-0.4, -0.2) is 41.0 Å². The molecule has 0 aliphatic heterocycles. The van der Waals surface area contributed by atoms with Crippen molar-refractivity contribution in [2.45, 2.75) is 25.7 Å². The molecule has 0 aliphatic carbocycles. The number of aromatic nitrogens is 3. The van der Waals surface area contributed by atoms with E-state index in [1.807, 2.05) is 30.5 Å². The fourth-order valence-corrected chi connectivity index (χ4v) is 7.18. The highest BCUT2D eigenvalue weighted by Crippen LogP contribution is 2.27. The van der Waals surface area contributed by atoms with Gasteiger partial charge in [0.05, 0.1) is 22.5 Å². The van der Waals surface area contributed by atoms with Crippen molar-refractivity contribution in [3.63, 3.8) is 0 Å². The molecule has 0 aliphatic rings. The van der Waals surface area contributed by atoms with Crippen molar-refractivity contribution in [3.05, 3.63) is 128 Å². The van der Waals surface area contributed by atoms with E-state index in [0.717, 1.165) is 21.4 Å². The van der Waals surface area contributed by atoms with Crippen LogP contribution in [0, 0.1) is 20.8 Å². The van der Waals surface area contributed by atoms with Crippen molar-refractivity contribution in [2.24, 2.45) is 12.1 Å². The Kier molecular flexibility index (Phi) is 9.06. The van der Waals surface area contributed by atoms with Crippen LogP contribution in [0.25, 0.3) is 11.4 Å². The largest absolute Gasteiger partial charge is 0.318 e. The Morgan fingerprint density at radius 2 is 1.49 bits per heavy atom. The highest BCUT2D eigenvalue weighted by molar-refractivity contribution is 7.92. The molecule has 232 valence electrons. The van der Waals surface area contributed by atoms with Gasteiger partial charge in [0.2, 0.25) is 0 Å². The monoisotopic (exact) mass is 664 g/mol. The summed E-state index contributed by atoms with van der Waals surface area (Å²) in [6.07, 6.45) is 1.47. The first-order chi connectivity index (χ1) is 21.4. The minimum absolute atomic E-state index is 0.0660. The fraction of sp³-hybridized carbons (Fsp3) is 0.156. The second-order valence-electron chi connectivity index (χ2n) is 10.3. The Morgan fingerprint density at radius 3 is 2.11 bits per heavy atom. The van der Waals surface area contributed by atoms with E-state index in [0.29, 0.717) is 27.0 Å². The smallest absolute Gasteiger partial charge is 0.296 e. The third-order valence-electron chi connectivity index (χ3n) is 7.36. The number of sulfonamides is 1. The topological polar surface area (TPSA) is 111 Å². The summed E-state index contributed by atoms with van der Waals surface area (Å²) in [4.78, 5) is 27.0. The zero-order valence-electron chi connectivity index (χ0n) is 24.9. The summed E-state index contributed by atoms with van der Waals surface area (Å²) in [7, 11) is -2.68. The van der Waals surface area contributed by atoms with Gasteiger partial charge in [-0.1, -0.05) is 59.6 Å². The van der Waals surface area contributed by atoms with Gasteiger partial charge >= 0.3 is 0 Å². The molecule has 10 nitrogen and oxygen atoms in total. The van der Waals surface area contributed by atoms with E-state index in [-0.39, 0.29) is 10.6 Å². The maximum absolute atomic E-state index is 13.9. The first kappa shape index (κ1) is 31.8. The number of carbonyl (C=O) groups is 1. The zero-order chi connectivity index (χ0) is 32.5. The Morgan fingerprint density at radius 1 is 0.889 bits per heavy atom. The number of hydrogen-bond donors (Lipinski definition) is 1. The van der Waals surface area contributed by atoms with Crippen molar-refractivity contribution >= 4 is 51.0 Å². The fourth-order valence-electron chi connectivity index (χ4n) is 5.17. The maximum Gasteiger partial charge on any atom is 0.296 e. The van der Waals surface area contributed by atoms with Crippen LogP contribution < -0.4 is 15.3 Å². The molecule has 0 fully saturated rings. The molecule has 1 amide bonds. The number of nitrogens with zero attached hydrogens (tertiary/aromatic N) is 5. The SMILES string of the molecule is Cc1cc(/C=N\NC(=O)CN(c2c(C)n(C)n(-c3ccccc3)c2=O)S(=O)(=O)c2ccccc2)c(C)n1-c1cc(Cl)cc(Cl)c1. The van der Waals surface area contributed by atoms with Gasteiger partial charge < -0.3 is 4.57 Å². The first-order valence-electron chi connectivity index (χ1n) is 13.8. The molecule has 2 aromatic heterocycles. The lowest BCUT2D eigenvalue weighted by atomic mass is 10.2. The van der Waals surface area contributed by atoms with Crippen molar-refractivity contribution in [1.29, 1.82) is 0 Å². The maximum atomic E-state index is 13.9. The normalized spacial score (nSPS) is 11.7. The lowest BCUT2D eigenvalue weighted by Gasteiger charge is -2.22. The molecule has 2 heterocycles. The number of hydrazone groups is 1. The van der Waals surface area contributed by atoms with Crippen LogP contribution in [0.15, 0.2) is 99.7 Å². The van der Waals surface area contributed by atoms with Crippen LogP contribution in [-0.2, 0) is 21.9 Å². The van der Waals surface area contributed by atoms with Crippen LogP contribution >= 0.6 is 23.2 Å². The second-order valence-corrected chi connectivity index (χ2v) is 13.1. The van der Waals surface area contributed by atoms with E-state index in [1.54, 1.807) is 79.3 Å². The number of benzene rings is 3. The predicted octanol–water partition coefficient (Wildman–Crippen LogP) is 5.54. The number of carbonyl (C=O) groups excluding carboxylic acids is 1. The van der Waals surface area contributed by atoms with Gasteiger partial charge in [0.1, 0.15) is 12.2 Å². The summed E-state index contributed by atoms with van der Waals surface area (Å²) >= 11 is 12.4. The van der Waals surface area contributed by atoms with Crippen molar-refractivity contribution in [1.82, 2.24) is 19.4 Å². The van der Waals surface area contributed by atoms with Gasteiger partial charge in [-0.15, -0.1) is 0 Å². The number of halogens is 2. The second kappa shape index (κ2) is 12.8. The number of hydrogen-bond acceptors (Lipinski definition) is 5. The van der Waals surface area contributed by atoms with Crippen LogP contribution in [0.5, 0.6) is 0 Å². The van der Waals surface area contributed by atoms with Crippen LogP contribution in [0.3, 0.4) is 0 Å². The van der Waals surface area contributed by atoms with Gasteiger partial charge in [0, 0.05) is 39.7 Å². The molecule has 0 saturated heterocycles. The molecule has 1 N–H and O–H groups in total. The molecule has 5 aromatic rings. The van der Waals surface area contributed by atoms with Crippen molar-refractivity contribution in [3.8, 4) is 11.4 Å². The molecule has 0 bridgehead atoms. The molecule has 0 atom stereocenters. The van der Waals surface area contributed by atoms with E-state index in [2.05, 4.69) is 10.5 Å². The Bertz CT molecular complexity index is 2070. The highest BCUT2D eigenvalue weighted by Gasteiger charge is 2.33. The third kappa shape index (κ3) is 6.32. The Labute approximate surface area is 270 Å². The van der Waals surface area contributed by atoms with Crippen molar-refractivity contribution in [2.75, 3.05) is 10.8 Å². The lowest BCUT2D eigenvalue weighted by Crippen LogP contribution is -2.42. The summed E-state index contributed by atoms with van der Waals surface area (Å²) in [5, 5.41) is 5.09. The number of nitrogens with one attached hydrogen (secondary N) is 1. The molecular weight excluding hydrogens is 635 g/mol. The summed E-state index contributed by atoms with van der Waals surface area (Å²) in [6, 6.07) is 23.6. The van der Waals surface area contributed by atoms with Crippen molar-refractivity contribution < 1.29 is 13.2 Å². The molecular formula is C32H30Cl2N6O4S. The molecule has 0 unspecified atom stereocenters. The lowest BCUT2D eigenvalue weighted by molar-refractivity contribution is -0.119. The number of aryl methyl sites for hydroxylation is 1. The van der Waals surface area contributed by atoms with Gasteiger partial charge in [-0.3, -0.25) is 14.3 Å². The molecule has 45 heavy (non-hydrogen) atoms. The zero-order valence-corrected chi connectivity index (χ0v) is 27.2. The van der Waals surface area contributed by atoms with Gasteiger partial charge in [-0.05, 0) is 69.3 Å². The predicted molar refractivity (Wildman–Crippen MR) is 178 cm³/mol. The summed E-state index contributed by atoms with van der Waals surface area (Å²) < 4.78 is 33.5. The summed E-state index contributed by atoms with van der Waals surface area (Å²) in [5.41, 5.74) is 5.76. The molecule has 0 saturated carbocycles. The van der Waals surface area contributed by atoms with E-state index >= 15 is 0 Å². The standard InChI is InChI=1S/C32H30Cl2N6O4S/c1-21-15-24(22(2)39(21)28-17-25(33)16-26(34)18-28)19-35-36-30(41)20-38(45(43,44)29-13-9-6-10-14-29)31-23(3)37(4)40(32(31)42)27-11-7-5-8-12-27/h5-19H,20H2,1-4H3,(H,36,41)/b35-19-. The molecule has 0 radical (unpaired) electrons. The number of amides is 1. The van der Waals surface area contributed by atoms with E-state index in [4.69, 9.17) is 23.2 Å². The summed E-state index contributed by atoms with van der Waals surface area (Å²) in [6.45, 7) is 4.73. The van der Waals surface area contributed by atoms with E-state index in [1.165, 1.54) is 23.0 Å². The number of anilines is 1. The molecule has 0 spiro atoms. The minimum atomic E-state index is -4.33. The molecule has 13 heteroatoms. The Hall–Kier alpha value is -4.58.